The van der Waals surface area contributed by atoms with Crippen LogP contribution >= 0.6 is 0 Å². The molecule has 4 rings (SSSR count). The van der Waals surface area contributed by atoms with E-state index in [2.05, 4.69) is 15.5 Å². The summed E-state index contributed by atoms with van der Waals surface area (Å²) in [6.45, 7) is 1.79. The number of nitrogens with one attached hydrogen (secondary N) is 2. The molecule has 3 unspecified atom stereocenters. The number of hydrogen-bond acceptors (Lipinski definition) is 4. The van der Waals surface area contributed by atoms with E-state index in [1.807, 2.05) is 30.3 Å². The summed E-state index contributed by atoms with van der Waals surface area (Å²) in [6.07, 6.45) is 1.26. The van der Waals surface area contributed by atoms with Gasteiger partial charge in [0.05, 0.1) is 5.56 Å². The number of carbonyl (C=O) groups excluding carboxylic acids is 1. The van der Waals surface area contributed by atoms with Gasteiger partial charge in [-0.25, -0.2) is 4.79 Å². The van der Waals surface area contributed by atoms with Crippen molar-refractivity contribution in [1.29, 1.82) is 0 Å². The zero-order valence-electron chi connectivity index (χ0n) is 19.2. The summed E-state index contributed by atoms with van der Waals surface area (Å²) in [4.78, 5) is 14.5. The van der Waals surface area contributed by atoms with Crippen molar-refractivity contribution >= 4 is 11.8 Å². The zero-order chi connectivity index (χ0) is 24.0. The molecule has 8 heteroatoms. The molecule has 5 nitrogen and oxygen atoms in total. The average Bonchev–Trinajstić information content (AvgIpc) is 2.84. The second-order valence-corrected chi connectivity index (χ2v) is 9.20. The number of alkyl carbamates (subject to hydrolysis) is 1. The molecular formula is C26H32F3N3O2. The lowest BCUT2D eigenvalue weighted by atomic mass is 9.89. The summed E-state index contributed by atoms with van der Waals surface area (Å²) in [7, 11) is 0. The summed E-state index contributed by atoms with van der Waals surface area (Å²) in [5, 5.41) is 6.78. The Morgan fingerprint density at radius 3 is 2.35 bits per heavy atom. The number of nitrogens with zero attached hydrogens (tertiary/aromatic N) is 1. The normalized spacial score (nSPS) is 23.4. The Bertz CT molecular complexity index is 921. The first kappa shape index (κ1) is 24.4. The molecule has 34 heavy (non-hydrogen) atoms. The van der Waals surface area contributed by atoms with Crippen LogP contribution in [0.25, 0.3) is 0 Å². The molecule has 1 aliphatic carbocycles. The highest BCUT2D eigenvalue weighted by molar-refractivity contribution is 5.67. The van der Waals surface area contributed by atoms with E-state index in [1.165, 1.54) is 0 Å². The van der Waals surface area contributed by atoms with Gasteiger partial charge in [-0.3, -0.25) is 0 Å². The highest BCUT2D eigenvalue weighted by atomic mass is 19.4. The lowest BCUT2D eigenvalue weighted by Crippen LogP contribution is -2.57. The fraction of sp³-hybridized carbons (Fsp3) is 0.500. The molecule has 1 saturated heterocycles. The van der Waals surface area contributed by atoms with Gasteiger partial charge in [0.25, 0.3) is 0 Å². The van der Waals surface area contributed by atoms with E-state index in [4.69, 9.17) is 4.74 Å². The van der Waals surface area contributed by atoms with Crippen LogP contribution < -0.4 is 15.5 Å². The van der Waals surface area contributed by atoms with Gasteiger partial charge in [-0.05, 0) is 55.5 Å². The van der Waals surface area contributed by atoms with Gasteiger partial charge in [-0.1, -0.05) is 43.2 Å². The van der Waals surface area contributed by atoms with Gasteiger partial charge < -0.3 is 20.3 Å². The second-order valence-electron chi connectivity index (χ2n) is 9.20. The van der Waals surface area contributed by atoms with Crippen LogP contribution in [0.2, 0.25) is 0 Å². The van der Waals surface area contributed by atoms with Crippen molar-refractivity contribution in [2.24, 2.45) is 0 Å². The van der Waals surface area contributed by atoms with E-state index in [0.29, 0.717) is 0 Å². The molecule has 2 aromatic rings. The maximum atomic E-state index is 12.9. The highest BCUT2D eigenvalue weighted by Gasteiger charge is 2.32. The molecule has 3 atom stereocenters. The second kappa shape index (κ2) is 11.1. The molecule has 2 N–H and O–H groups in total. The first-order valence-corrected chi connectivity index (χ1v) is 12.0. The first-order chi connectivity index (χ1) is 16.4. The molecular weight excluding hydrogens is 443 g/mol. The Kier molecular flexibility index (Phi) is 7.98. The minimum absolute atomic E-state index is 0.00142. The third-order valence-electron chi connectivity index (χ3n) is 6.71. The van der Waals surface area contributed by atoms with E-state index in [1.54, 1.807) is 12.1 Å². The molecule has 1 aliphatic heterocycles. The van der Waals surface area contributed by atoms with Crippen LogP contribution in [0.5, 0.6) is 0 Å². The van der Waals surface area contributed by atoms with E-state index in [0.717, 1.165) is 75.0 Å². The molecule has 0 aromatic heterocycles. The smallest absolute Gasteiger partial charge is 0.416 e. The van der Waals surface area contributed by atoms with Crippen LogP contribution in [0.1, 0.15) is 49.7 Å². The van der Waals surface area contributed by atoms with Gasteiger partial charge in [-0.2, -0.15) is 13.2 Å². The molecule has 0 spiro atoms. The van der Waals surface area contributed by atoms with Crippen LogP contribution in [-0.4, -0.2) is 37.3 Å². The summed E-state index contributed by atoms with van der Waals surface area (Å²) >= 11 is 0. The fourth-order valence-electron chi connectivity index (χ4n) is 4.93. The van der Waals surface area contributed by atoms with E-state index < -0.39 is 17.8 Å². The molecule has 1 saturated carbocycles. The van der Waals surface area contributed by atoms with Gasteiger partial charge in [0, 0.05) is 36.9 Å². The van der Waals surface area contributed by atoms with E-state index in [9.17, 15) is 18.0 Å². The fourth-order valence-corrected chi connectivity index (χ4v) is 4.93. The number of anilines is 1. The van der Waals surface area contributed by atoms with Crippen LogP contribution in [-0.2, 0) is 17.5 Å². The first-order valence-electron chi connectivity index (χ1n) is 12.0. The predicted octanol–water partition coefficient (Wildman–Crippen LogP) is 5.50. The lowest BCUT2D eigenvalue weighted by molar-refractivity contribution is -0.137. The van der Waals surface area contributed by atoms with Crippen LogP contribution in [0, 0.1) is 0 Å². The number of alkyl halides is 3. The van der Waals surface area contributed by atoms with Crippen molar-refractivity contribution in [3.8, 4) is 0 Å². The van der Waals surface area contributed by atoms with E-state index in [-0.39, 0.29) is 24.7 Å². The summed E-state index contributed by atoms with van der Waals surface area (Å²) in [5.74, 6) is 0. The number of benzene rings is 2. The van der Waals surface area contributed by atoms with Gasteiger partial charge in [0.15, 0.2) is 0 Å². The summed E-state index contributed by atoms with van der Waals surface area (Å²) in [5.41, 5.74) is 1.13. The van der Waals surface area contributed by atoms with Crippen molar-refractivity contribution in [2.45, 2.75) is 69.4 Å². The lowest BCUT2D eigenvalue weighted by Gasteiger charge is -2.40. The molecule has 184 valence electrons. The summed E-state index contributed by atoms with van der Waals surface area (Å²) < 4.78 is 44.1. The number of rotatable bonds is 6. The monoisotopic (exact) mass is 475 g/mol. The zero-order valence-corrected chi connectivity index (χ0v) is 19.2. The number of amides is 1. The van der Waals surface area contributed by atoms with Gasteiger partial charge >= 0.3 is 12.3 Å². The predicted molar refractivity (Wildman–Crippen MR) is 126 cm³/mol. The topological polar surface area (TPSA) is 53.6 Å². The molecule has 2 aliphatic rings. The number of hydrogen-bond donors (Lipinski definition) is 2. The maximum absolute atomic E-state index is 12.9. The molecule has 1 heterocycles. The summed E-state index contributed by atoms with van der Waals surface area (Å²) in [6, 6.07) is 15.4. The van der Waals surface area contributed by atoms with Crippen LogP contribution in [0.4, 0.5) is 23.7 Å². The number of halogens is 3. The van der Waals surface area contributed by atoms with Crippen LogP contribution in [0.3, 0.4) is 0 Å². The SMILES string of the molecule is O=C(NC1CCCCC1NC1CCCN(c2ccc(C(F)(F)F)cc2)C1)OCc1ccccc1. The Morgan fingerprint density at radius 1 is 0.941 bits per heavy atom. The maximum Gasteiger partial charge on any atom is 0.416 e. The Labute approximate surface area is 198 Å². The van der Waals surface area contributed by atoms with Crippen molar-refractivity contribution in [3.63, 3.8) is 0 Å². The van der Waals surface area contributed by atoms with Crippen LogP contribution in [0.15, 0.2) is 54.6 Å². The molecule has 0 bridgehead atoms. The number of piperidine rings is 1. The number of ether oxygens (including phenoxy) is 1. The quantitative estimate of drug-likeness (QED) is 0.579. The largest absolute Gasteiger partial charge is 0.445 e. The van der Waals surface area contributed by atoms with Crippen molar-refractivity contribution < 1.29 is 22.7 Å². The average molecular weight is 476 g/mol. The minimum atomic E-state index is -4.32. The van der Waals surface area contributed by atoms with E-state index >= 15 is 0 Å². The minimum Gasteiger partial charge on any atom is -0.445 e. The van der Waals surface area contributed by atoms with Crippen molar-refractivity contribution in [2.75, 3.05) is 18.0 Å². The highest BCUT2D eigenvalue weighted by Crippen LogP contribution is 2.31. The Hall–Kier alpha value is -2.74. The van der Waals surface area contributed by atoms with Crippen molar-refractivity contribution in [1.82, 2.24) is 10.6 Å². The standard InChI is InChI=1S/C26H32F3N3O2/c27-26(28,29)20-12-14-22(15-13-20)32-16-6-9-21(17-32)30-23-10-4-5-11-24(23)31-25(33)34-18-19-7-2-1-3-8-19/h1-3,7-8,12-15,21,23-24,30H,4-6,9-11,16-18H2,(H,31,33). The Morgan fingerprint density at radius 2 is 1.65 bits per heavy atom. The third kappa shape index (κ3) is 6.65. The molecule has 0 radical (unpaired) electrons. The van der Waals surface area contributed by atoms with Gasteiger partial charge in [0.2, 0.25) is 0 Å². The molecule has 2 aromatic carbocycles. The third-order valence-corrected chi connectivity index (χ3v) is 6.71. The van der Waals surface area contributed by atoms with Gasteiger partial charge in [0.1, 0.15) is 6.61 Å². The number of carbonyl (C=O) groups is 1. The van der Waals surface area contributed by atoms with Crippen molar-refractivity contribution in [3.05, 3.63) is 65.7 Å². The van der Waals surface area contributed by atoms with Gasteiger partial charge in [-0.15, -0.1) is 0 Å². The molecule has 2 fully saturated rings. The molecule has 1 amide bonds. The Balaban J connectivity index is 1.30.